The quantitative estimate of drug-likeness (QED) is 0.255. The molecular weight excluding hydrogens is 500 g/mol. The van der Waals surface area contributed by atoms with Gasteiger partial charge in [0.15, 0.2) is 22.7 Å². The maximum atomic E-state index is 13.0. The Bertz CT molecular complexity index is 1310. The second-order valence-corrected chi connectivity index (χ2v) is 7.61. The van der Waals surface area contributed by atoms with Crippen LogP contribution in [0.25, 0.3) is 11.2 Å². The lowest BCUT2D eigenvalue weighted by atomic mass is 10.2. The van der Waals surface area contributed by atoms with Crippen LogP contribution in [0.3, 0.4) is 0 Å². The molecule has 0 radical (unpaired) electrons. The number of benzene rings is 1. The number of hydrogen-bond acceptors (Lipinski definition) is 10. The van der Waals surface area contributed by atoms with Gasteiger partial charge in [0.2, 0.25) is 5.75 Å². The molecule has 36 heavy (non-hydrogen) atoms. The number of methoxy groups -OCH3 is 3. The number of aryl methyl sites for hydroxylation is 1. The van der Waals surface area contributed by atoms with Crippen LogP contribution in [0.4, 0.5) is 0 Å². The largest absolute Gasteiger partial charge is 0.493 e. The van der Waals surface area contributed by atoms with Crippen molar-refractivity contribution in [2.75, 3.05) is 34.5 Å². The van der Waals surface area contributed by atoms with Crippen molar-refractivity contribution >= 4 is 29.5 Å². The highest BCUT2D eigenvalue weighted by Gasteiger charge is 2.19. The van der Waals surface area contributed by atoms with E-state index in [-0.39, 0.29) is 55.3 Å². The molecule has 14 heteroatoms. The van der Waals surface area contributed by atoms with Gasteiger partial charge in [-0.3, -0.25) is 13.9 Å². The van der Waals surface area contributed by atoms with E-state index in [1.165, 1.54) is 56.0 Å². The minimum atomic E-state index is -1.09. The van der Waals surface area contributed by atoms with Gasteiger partial charge in [-0.1, -0.05) is 0 Å². The Morgan fingerprint density at radius 1 is 1.11 bits per heavy atom. The Morgan fingerprint density at radius 2 is 1.75 bits per heavy atom. The Balaban J connectivity index is 0.00000456. The Hall–Kier alpha value is -3.55. The zero-order valence-corrected chi connectivity index (χ0v) is 21.1. The number of nitrogens with zero attached hydrogens (tertiary/aromatic N) is 4. The molecule has 0 aliphatic carbocycles. The normalized spacial score (nSPS) is 11.6. The number of fused-ring (bicyclic) bond motifs is 1. The molecule has 0 fully saturated rings. The van der Waals surface area contributed by atoms with E-state index in [9.17, 15) is 19.5 Å². The van der Waals surface area contributed by atoms with Gasteiger partial charge in [-0.2, -0.15) is 0 Å². The van der Waals surface area contributed by atoms with Crippen LogP contribution >= 0.6 is 12.4 Å². The standard InChI is InChI=1S/C22H28N4O9.ClH/c1-24-19-17(25(12-23-19)10-14(28)11-27)20(29)26(22(24)31)6-5-7-35-21(30)13-8-15(32-2)18(34-4)16(9-13)33-3;/h8-9,12,14,27-28H,5-7,10-11H2,1-4H3;1H. The Kier molecular flexibility index (Phi) is 9.90. The highest BCUT2D eigenvalue weighted by Crippen LogP contribution is 2.38. The van der Waals surface area contributed by atoms with Crippen molar-refractivity contribution in [1.82, 2.24) is 18.7 Å². The highest BCUT2D eigenvalue weighted by molar-refractivity contribution is 5.91. The first-order chi connectivity index (χ1) is 16.8. The minimum Gasteiger partial charge on any atom is -0.493 e. The molecule has 2 heterocycles. The van der Waals surface area contributed by atoms with Crippen molar-refractivity contribution in [3.8, 4) is 17.2 Å². The summed E-state index contributed by atoms with van der Waals surface area (Å²) in [6.45, 7) is -0.632. The summed E-state index contributed by atoms with van der Waals surface area (Å²) in [7, 11) is 5.78. The number of hydrogen-bond donors (Lipinski definition) is 2. The topological polar surface area (TPSA) is 156 Å². The number of ether oxygens (including phenoxy) is 4. The van der Waals surface area contributed by atoms with Crippen LogP contribution in [0.1, 0.15) is 16.8 Å². The molecular formula is C22H29ClN4O9. The van der Waals surface area contributed by atoms with Crippen LogP contribution in [0.2, 0.25) is 0 Å². The van der Waals surface area contributed by atoms with Crippen molar-refractivity contribution in [1.29, 1.82) is 0 Å². The number of aromatic nitrogens is 4. The maximum absolute atomic E-state index is 13.0. The van der Waals surface area contributed by atoms with Gasteiger partial charge in [-0.05, 0) is 18.6 Å². The average Bonchev–Trinajstić information content (AvgIpc) is 3.29. The molecule has 1 atom stereocenters. The summed E-state index contributed by atoms with van der Waals surface area (Å²) < 4.78 is 24.6. The third kappa shape index (κ3) is 5.64. The van der Waals surface area contributed by atoms with Gasteiger partial charge in [-0.25, -0.2) is 14.6 Å². The minimum absolute atomic E-state index is 0. The van der Waals surface area contributed by atoms with Gasteiger partial charge in [0.25, 0.3) is 5.56 Å². The van der Waals surface area contributed by atoms with E-state index in [0.29, 0.717) is 17.2 Å². The number of imidazole rings is 1. The van der Waals surface area contributed by atoms with Crippen molar-refractivity contribution < 1.29 is 34.0 Å². The summed E-state index contributed by atoms with van der Waals surface area (Å²) in [6, 6.07) is 2.92. The lowest BCUT2D eigenvalue weighted by molar-refractivity contribution is 0.0494. The predicted octanol–water partition coefficient (Wildman–Crippen LogP) is -0.0554. The number of carbonyl (C=O) groups is 1. The van der Waals surface area contributed by atoms with Gasteiger partial charge in [0.05, 0.1) is 59.1 Å². The highest BCUT2D eigenvalue weighted by atomic mass is 35.5. The molecule has 0 spiro atoms. The number of aliphatic hydroxyl groups is 2. The van der Waals surface area contributed by atoms with Crippen LogP contribution in [0, 0.1) is 0 Å². The first-order valence-electron chi connectivity index (χ1n) is 10.7. The van der Waals surface area contributed by atoms with Gasteiger partial charge in [-0.15, -0.1) is 12.4 Å². The van der Waals surface area contributed by atoms with E-state index in [1.54, 1.807) is 0 Å². The van der Waals surface area contributed by atoms with Crippen LogP contribution in [-0.4, -0.2) is 75.5 Å². The van der Waals surface area contributed by atoms with E-state index in [2.05, 4.69) is 4.98 Å². The van der Waals surface area contributed by atoms with Crippen LogP contribution < -0.4 is 25.5 Å². The first kappa shape index (κ1) is 28.7. The van der Waals surface area contributed by atoms with Gasteiger partial charge in [0, 0.05) is 13.6 Å². The summed E-state index contributed by atoms with van der Waals surface area (Å²) >= 11 is 0. The van der Waals surface area contributed by atoms with Crippen molar-refractivity contribution in [3.05, 3.63) is 44.9 Å². The molecule has 13 nitrogen and oxygen atoms in total. The number of esters is 1. The van der Waals surface area contributed by atoms with Crippen molar-refractivity contribution in [2.24, 2.45) is 7.05 Å². The van der Waals surface area contributed by atoms with Crippen LogP contribution in [0.5, 0.6) is 17.2 Å². The third-order valence-electron chi connectivity index (χ3n) is 5.38. The SMILES string of the molecule is COc1cc(C(=O)OCCCn2c(=O)c3c(ncn3CC(O)CO)n(C)c2=O)cc(OC)c1OC.Cl. The van der Waals surface area contributed by atoms with E-state index in [1.807, 2.05) is 0 Å². The van der Waals surface area contributed by atoms with Crippen molar-refractivity contribution in [2.45, 2.75) is 25.6 Å². The molecule has 2 aromatic heterocycles. The number of halogens is 1. The van der Waals surface area contributed by atoms with E-state index < -0.39 is 29.9 Å². The molecule has 0 aliphatic rings. The summed E-state index contributed by atoms with van der Waals surface area (Å²) in [5.74, 6) is 0.286. The fourth-order valence-corrected chi connectivity index (χ4v) is 3.61. The molecule has 2 N–H and O–H groups in total. The van der Waals surface area contributed by atoms with Crippen LogP contribution in [-0.2, 0) is 24.9 Å². The molecule has 1 aromatic carbocycles. The lowest BCUT2D eigenvalue weighted by Gasteiger charge is -2.14. The first-order valence-corrected chi connectivity index (χ1v) is 10.7. The fraction of sp³-hybridized carbons (Fsp3) is 0.455. The smallest absolute Gasteiger partial charge is 0.338 e. The summed E-state index contributed by atoms with van der Waals surface area (Å²) in [5, 5.41) is 18.8. The van der Waals surface area contributed by atoms with E-state index >= 15 is 0 Å². The van der Waals surface area contributed by atoms with E-state index in [0.717, 1.165) is 4.57 Å². The summed E-state index contributed by atoms with van der Waals surface area (Å²) in [6.07, 6.45) is 0.421. The zero-order valence-electron chi connectivity index (χ0n) is 20.3. The summed E-state index contributed by atoms with van der Waals surface area (Å²) in [4.78, 5) is 42.3. The predicted molar refractivity (Wildman–Crippen MR) is 131 cm³/mol. The molecule has 0 amide bonds. The molecule has 0 aliphatic heterocycles. The molecule has 3 rings (SSSR count). The van der Waals surface area contributed by atoms with E-state index in [4.69, 9.17) is 24.1 Å². The number of rotatable bonds is 11. The average molecular weight is 529 g/mol. The Morgan fingerprint density at radius 3 is 2.31 bits per heavy atom. The molecule has 0 saturated heterocycles. The van der Waals surface area contributed by atoms with Crippen molar-refractivity contribution in [3.63, 3.8) is 0 Å². The summed E-state index contributed by atoms with van der Waals surface area (Å²) in [5.41, 5.74) is -0.710. The molecule has 3 aromatic rings. The van der Waals surface area contributed by atoms with Gasteiger partial charge >= 0.3 is 11.7 Å². The maximum Gasteiger partial charge on any atom is 0.338 e. The fourth-order valence-electron chi connectivity index (χ4n) is 3.61. The lowest BCUT2D eigenvalue weighted by Crippen LogP contribution is -2.40. The molecule has 0 bridgehead atoms. The second kappa shape index (κ2) is 12.4. The zero-order chi connectivity index (χ0) is 25.7. The monoisotopic (exact) mass is 528 g/mol. The second-order valence-electron chi connectivity index (χ2n) is 7.61. The molecule has 1 unspecified atom stereocenters. The molecule has 198 valence electrons. The number of aliphatic hydroxyl groups excluding tert-OH is 2. The molecule has 0 saturated carbocycles. The van der Waals surface area contributed by atoms with Gasteiger partial charge < -0.3 is 33.7 Å². The van der Waals surface area contributed by atoms with Gasteiger partial charge in [0.1, 0.15) is 0 Å². The van der Waals surface area contributed by atoms with Crippen LogP contribution in [0.15, 0.2) is 28.0 Å². The number of carbonyl (C=O) groups excluding carboxylic acids is 1. The third-order valence-corrected chi connectivity index (χ3v) is 5.38. The Labute approximate surface area is 211 Å².